The largest absolute Gasteiger partial charge is 0.386 e. The van der Waals surface area contributed by atoms with Crippen molar-refractivity contribution >= 4 is 11.9 Å². The van der Waals surface area contributed by atoms with E-state index in [-0.39, 0.29) is 0 Å². The van der Waals surface area contributed by atoms with Gasteiger partial charge in [0.25, 0.3) is 0 Å². The van der Waals surface area contributed by atoms with Gasteiger partial charge in [0.1, 0.15) is 0 Å². The average Bonchev–Trinajstić information content (AvgIpc) is 2.38. The number of unbranched alkanes of at least 4 members (excludes halogenated alkanes) is 5. The van der Waals surface area contributed by atoms with Crippen LogP contribution in [-0.4, -0.2) is 11.9 Å². The maximum Gasteiger partial charge on any atom is 0.341 e. The van der Waals surface area contributed by atoms with Gasteiger partial charge in [0.05, 0.1) is 0 Å². The maximum absolute atomic E-state index is 11.7. The molecule has 0 N–H and O–H groups in total. The molecule has 0 rings (SSSR count). The Morgan fingerprint density at radius 3 is 2.21 bits per heavy atom. The normalized spacial score (nSPS) is 11.8. The Morgan fingerprint density at radius 2 is 1.63 bits per heavy atom. The van der Waals surface area contributed by atoms with Gasteiger partial charge >= 0.3 is 11.9 Å². The first-order valence-corrected chi connectivity index (χ1v) is 7.19. The number of hydrogen-bond acceptors (Lipinski definition) is 3. The van der Waals surface area contributed by atoms with Crippen LogP contribution in [0.5, 0.6) is 0 Å². The maximum atomic E-state index is 11.7. The van der Waals surface area contributed by atoms with Gasteiger partial charge in [-0.05, 0) is 26.7 Å². The lowest BCUT2D eigenvalue weighted by atomic mass is 10.1. The molecule has 108 valence electrons. The molecule has 0 unspecified atom stereocenters. The predicted molar refractivity (Wildman–Crippen MR) is 77.7 cm³/mol. The zero-order valence-electron chi connectivity index (χ0n) is 12.4. The molecule has 3 heteroatoms. The van der Waals surface area contributed by atoms with Crippen LogP contribution < -0.4 is 0 Å². The molecule has 0 heterocycles. The zero-order valence-corrected chi connectivity index (χ0v) is 12.4. The summed E-state index contributed by atoms with van der Waals surface area (Å²) in [6, 6.07) is 0. The molecule has 0 aromatic rings. The Hall–Kier alpha value is -1.38. The van der Waals surface area contributed by atoms with Crippen LogP contribution in [0.2, 0.25) is 0 Å². The van der Waals surface area contributed by atoms with Gasteiger partial charge in [0.15, 0.2) is 0 Å². The standard InChI is InChI=1S/C16H26O3/c1-4-7-8-9-10-11-13-14(6-3)16(18)19-15(17)12-5-2/h5-6,12H,4,7-11,13H2,1-3H3. The van der Waals surface area contributed by atoms with Crippen LogP contribution in [0.4, 0.5) is 0 Å². The lowest BCUT2D eigenvalue weighted by molar-refractivity contribution is -0.153. The van der Waals surface area contributed by atoms with Crippen LogP contribution in [-0.2, 0) is 14.3 Å². The summed E-state index contributed by atoms with van der Waals surface area (Å²) in [6.45, 7) is 5.70. The molecule has 0 fully saturated rings. The van der Waals surface area contributed by atoms with Gasteiger partial charge < -0.3 is 4.74 Å². The number of carbonyl (C=O) groups excluding carboxylic acids is 2. The molecule has 19 heavy (non-hydrogen) atoms. The van der Waals surface area contributed by atoms with E-state index in [1.165, 1.54) is 31.8 Å². The van der Waals surface area contributed by atoms with E-state index in [0.29, 0.717) is 12.0 Å². The highest BCUT2D eigenvalue weighted by Crippen LogP contribution is 2.13. The molecule has 0 bridgehead atoms. The molecule has 0 aliphatic heterocycles. The molecular weight excluding hydrogens is 240 g/mol. The van der Waals surface area contributed by atoms with E-state index in [1.54, 1.807) is 26.0 Å². The molecule has 0 aromatic heterocycles. The highest BCUT2D eigenvalue weighted by atomic mass is 16.6. The molecule has 3 nitrogen and oxygen atoms in total. The summed E-state index contributed by atoms with van der Waals surface area (Å²) in [5, 5.41) is 0. The van der Waals surface area contributed by atoms with Gasteiger partial charge in [-0.3, -0.25) is 0 Å². The SMILES string of the molecule is CC=CC(=O)OC(=O)C(=CC)CCCCCCCC. The van der Waals surface area contributed by atoms with Gasteiger partial charge in [-0.15, -0.1) is 0 Å². The number of ether oxygens (including phenoxy) is 1. The van der Waals surface area contributed by atoms with E-state index < -0.39 is 11.9 Å². The van der Waals surface area contributed by atoms with Gasteiger partial charge in [0, 0.05) is 11.6 Å². The van der Waals surface area contributed by atoms with Gasteiger partial charge in [0.2, 0.25) is 0 Å². The summed E-state index contributed by atoms with van der Waals surface area (Å²) < 4.78 is 4.71. The van der Waals surface area contributed by atoms with Crippen LogP contribution in [0.25, 0.3) is 0 Å². The first-order chi connectivity index (χ1) is 9.15. The van der Waals surface area contributed by atoms with Crippen molar-refractivity contribution in [1.29, 1.82) is 0 Å². The highest BCUT2D eigenvalue weighted by Gasteiger charge is 2.12. The third kappa shape index (κ3) is 9.23. The Bertz CT molecular complexity index is 327. The summed E-state index contributed by atoms with van der Waals surface area (Å²) in [4.78, 5) is 22.8. The number of allylic oxidation sites excluding steroid dienone is 2. The summed E-state index contributed by atoms with van der Waals surface area (Å²) in [6.07, 6.45) is 12.3. The second-order valence-electron chi connectivity index (χ2n) is 4.54. The molecule has 0 spiro atoms. The summed E-state index contributed by atoms with van der Waals surface area (Å²) in [5.41, 5.74) is 0.591. The number of rotatable bonds is 9. The quantitative estimate of drug-likeness (QED) is 0.270. The first kappa shape index (κ1) is 17.6. The first-order valence-electron chi connectivity index (χ1n) is 7.19. The molecular formula is C16H26O3. The smallest absolute Gasteiger partial charge is 0.341 e. The van der Waals surface area contributed by atoms with Gasteiger partial charge in [-0.2, -0.15) is 0 Å². The van der Waals surface area contributed by atoms with Crippen molar-refractivity contribution in [1.82, 2.24) is 0 Å². The predicted octanol–water partition coefficient (Wildman–Crippen LogP) is 4.33. The van der Waals surface area contributed by atoms with E-state index in [9.17, 15) is 9.59 Å². The second-order valence-corrected chi connectivity index (χ2v) is 4.54. The van der Waals surface area contributed by atoms with Gasteiger partial charge in [-0.1, -0.05) is 51.2 Å². The van der Waals surface area contributed by atoms with Crippen LogP contribution in [0.1, 0.15) is 65.7 Å². The van der Waals surface area contributed by atoms with Crippen LogP contribution in [0, 0.1) is 0 Å². The Balaban J connectivity index is 3.94. The highest BCUT2D eigenvalue weighted by molar-refractivity contribution is 5.99. The minimum Gasteiger partial charge on any atom is -0.386 e. The number of esters is 2. The monoisotopic (exact) mass is 266 g/mol. The van der Waals surface area contributed by atoms with E-state index in [2.05, 4.69) is 6.92 Å². The summed E-state index contributed by atoms with van der Waals surface area (Å²) in [7, 11) is 0. The Labute approximate surface area is 116 Å². The number of carbonyl (C=O) groups is 2. The lowest BCUT2D eigenvalue weighted by Crippen LogP contribution is -2.12. The van der Waals surface area contributed by atoms with Crippen molar-refractivity contribution in [2.75, 3.05) is 0 Å². The van der Waals surface area contributed by atoms with E-state index in [4.69, 9.17) is 4.74 Å². The fourth-order valence-electron chi connectivity index (χ4n) is 1.79. The summed E-state index contributed by atoms with van der Waals surface area (Å²) >= 11 is 0. The molecule has 0 amide bonds. The van der Waals surface area contributed by atoms with Crippen LogP contribution >= 0.6 is 0 Å². The zero-order chi connectivity index (χ0) is 14.5. The van der Waals surface area contributed by atoms with Crippen molar-refractivity contribution in [3.63, 3.8) is 0 Å². The van der Waals surface area contributed by atoms with Gasteiger partial charge in [-0.25, -0.2) is 9.59 Å². The van der Waals surface area contributed by atoms with E-state index in [1.807, 2.05) is 0 Å². The van der Waals surface area contributed by atoms with Crippen molar-refractivity contribution in [2.24, 2.45) is 0 Å². The third-order valence-corrected chi connectivity index (χ3v) is 2.91. The molecule has 0 aliphatic carbocycles. The van der Waals surface area contributed by atoms with Crippen LogP contribution in [0.15, 0.2) is 23.8 Å². The van der Waals surface area contributed by atoms with Crippen molar-refractivity contribution in [3.8, 4) is 0 Å². The number of hydrogen-bond donors (Lipinski definition) is 0. The Morgan fingerprint density at radius 1 is 1.00 bits per heavy atom. The topological polar surface area (TPSA) is 43.4 Å². The Kier molecular flexibility index (Phi) is 10.8. The molecule has 0 saturated heterocycles. The molecule has 0 aliphatic rings. The fraction of sp³-hybridized carbons (Fsp3) is 0.625. The average molecular weight is 266 g/mol. The second kappa shape index (κ2) is 11.7. The third-order valence-electron chi connectivity index (χ3n) is 2.91. The molecule has 0 aromatic carbocycles. The molecule has 0 saturated carbocycles. The van der Waals surface area contributed by atoms with Crippen LogP contribution in [0.3, 0.4) is 0 Å². The minimum atomic E-state index is -0.602. The van der Waals surface area contributed by atoms with Crippen molar-refractivity contribution in [3.05, 3.63) is 23.8 Å². The van der Waals surface area contributed by atoms with Crippen molar-refractivity contribution in [2.45, 2.75) is 65.7 Å². The molecule has 0 atom stereocenters. The van der Waals surface area contributed by atoms with Crippen molar-refractivity contribution < 1.29 is 14.3 Å². The fourth-order valence-corrected chi connectivity index (χ4v) is 1.79. The van der Waals surface area contributed by atoms with E-state index in [0.717, 1.165) is 12.8 Å². The lowest BCUT2D eigenvalue weighted by Gasteiger charge is -2.05. The molecule has 0 radical (unpaired) electrons. The van der Waals surface area contributed by atoms with E-state index >= 15 is 0 Å². The summed E-state index contributed by atoms with van der Waals surface area (Å²) in [5.74, 6) is -1.12. The minimum absolute atomic E-state index is 0.515.